The number of guanidine groups is 1. The topological polar surface area (TPSA) is 72.9 Å². The van der Waals surface area contributed by atoms with Gasteiger partial charge in [0.05, 0.1) is 18.8 Å². The molecule has 0 radical (unpaired) electrons. The van der Waals surface area contributed by atoms with Crippen molar-refractivity contribution in [2.45, 2.75) is 47.2 Å². The van der Waals surface area contributed by atoms with E-state index in [1.165, 1.54) is 4.88 Å². The van der Waals surface area contributed by atoms with Gasteiger partial charge in [0.1, 0.15) is 5.01 Å². The van der Waals surface area contributed by atoms with Gasteiger partial charge in [-0.25, -0.2) is 9.98 Å². The maximum Gasteiger partial charge on any atom is 0.234 e. The third-order valence-electron chi connectivity index (χ3n) is 4.26. The number of carbonyl (C=O) groups is 1. The molecule has 1 aromatic heterocycles. The number of thiazole rings is 1. The number of rotatable bonds is 6. The molecule has 7 nitrogen and oxygen atoms in total. The van der Waals surface area contributed by atoms with Crippen molar-refractivity contribution in [3.05, 3.63) is 15.6 Å². The van der Waals surface area contributed by atoms with E-state index in [4.69, 9.17) is 4.99 Å². The minimum Gasteiger partial charge on any atom is -0.357 e. The highest BCUT2D eigenvalue weighted by atomic mass is 32.1. The van der Waals surface area contributed by atoms with Gasteiger partial charge in [-0.1, -0.05) is 0 Å². The number of hydrogen-bond donors (Lipinski definition) is 2. The summed E-state index contributed by atoms with van der Waals surface area (Å²) in [5, 5.41) is 7.39. The normalized spacial score (nSPS) is 16.2. The Labute approximate surface area is 160 Å². The summed E-state index contributed by atoms with van der Waals surface area (Å²) in [7, 11) is 0. The van der Waals surface area contributed by atoms with Gasteiger partial charge in [-0.15, -0.1) is 11.3 Å². The van der Waals surface area contributed by atoms with E-state index in [-0.39, 0.29) is 11.9 Å². The molecule has 2 rings (SSSR count). The van der Waals surface area contributed by atoms with E-state index in [1.54, 1.807) is 11.3 Å². The highest BCUT2D eigenvalue weighted by molar-refractivity contribution is 7.11. The Kier molecular flexibility index (Phi) is 7.84. The largest absolute Gasteiger partial charge is 0.357 e. The average Bonchev–Trinajstić information content (AvgIpc) is 2.89. The molecule has 0 atom stereocenters. The fraction of sp³-hybridized carbons (Fsp3) is 0.722. The molecular weight excluding hydrogens is 348 g/mol. The highest BCUT2D eigenvalue weighted by Gasteiger charge is 2.21. The molecule has 146 valence electrons. The van der Waals surface area contributed by atoms with E-state index in [2.05, 4.69) is 39.3 Å². The first-order valence-corrected chi connectivity index (χ1v) is 10.2. The highest BCUT2D eigenvalue weighted by Crippen LogP contribution is 2.17. The minimum atomic E-state index is 0.100. The van der Waals surface area contributed by atoms with Crippen LogP contribution < -0.4 is 10.6 Å². The van der Waals surface area contributed by atoms with Crippen molar-refractivity contribution in [1.82, 2.24) is 25.4 Å². The third-order valence-corrected chi connectivity index (χ3v) is 5.32. The van der Waals surface area contributed by atoms with Crippen molar-refractivity contribution in [3.63, 3.8) is 0 Å². The molecule has 0 unspecified atom stereocenters. The van der Waals surface area contributed by atoms with Gasteiger partial charge < -0.3 is 15.5 Å². The van der Waals surface area contributed by atoms with Crippen molar-refractivity contribution in [2.75, 3.05) is 39.3 Å². The predicted molar refractivity (Wildman–Crippen MR) is 108 cm³/mol. The molecule has 1 aliphatic heterocycles. The minimum absolute atomic E-state index is 0.100. The number of aromatic nitrogens is 1. The zero-order valence-electron chi connectivity index (χ0n) is 16.6. The van der Waals surface area contributed by atoms with Crippen LogP contribution in [0.15, 0.2) is 4.99 Å². The smallest absolute Gasteiger partial charge is 0.234 e. The maximum absolute atomic E-state index is 11.9. The van der Waals surface area contributed by atoms with Crippen LogP contribution in [-0.4, -0.2) is 72.0 Å². The van der Waals surface area contributed by atoms with Crippen LogP contribution in [-0.2, 0) is 11.3 Å². The van der Waals surface area contributed by atoms with Gasteiger partial charge in [0.2, 0.25) is 5.91 Å². The summed E-state index contributed by atoms with van der Waals surface area (Å²) in [5.41, 5.74) is 1.10. The second kappa shape index (κ2) is 9.87. The van der Waals surface area contributed by atoms with E-state index in [1.807, 2.05) is 20.8 Å². The van der Waals surface area contributed by atoms with Crippen molar-refractivity contribution in [2.24, 2.45) is 4.99 Å². The van der Waals surface area contributed by atoms with Gasteiger partial charge in [-0.3, -0.25) is 9.69 Å². The fourth-order valence-electron chi connectivity index (χ4n) is 2.86. The predicted octanol–water partition coefficient (Wildman–Crippen LogP) is 1.37. The summed E-state index contributed by atoms with van der Waals surface area (Å²) in [5.74, 6) is 1.04. The van der Waals surface area contributed by atoms with Crippen LogP contribution in [0.25, 0.3) is 0 Å². The molecule has 1 amide bonds. The molecule has 26 heavy (non-hydrogen) atoms. The van der Waals surface area contributed by atoms with E-state index >= 15 is 0 Å². The monoisotopic (exact) mass is 380 g/mol. The van der Waals surface area contributed by atoms with Crippen molar-refractivity contribution < 1.29 is 4.79 Å². The molecule has 0 saturated carbocycles. The molecule has 1 aromatic rings. The molecule has 0 aliphatic carbocycles. The second-order valence-corrected chi connectivity index (χ2v) is 8.19. The van der Waals surface area contributed by atoms with Gasteiger partial charge >= 0.3 is 0 Å². The quantitative estimate of drug-likeness (QED) is 0.576. The van der Waals surface area contributed by atoms with Crippen LogP contribution in [0.5, 0.6) is 0 Å². The summed E-state index contributed by atoms with van der Waals surface area (Å²) in [6.45, 7) is 15.6. The number of amides is 1. The number of aliphatic imine (C=N–C) groups is 1. The number of hydrogen-bond acceptors (Lipinski definition) is 5. The van der Waals surface area contributed by atoms with Crippen molar-refractivity contribution >= 4 is 23.2 Å². The molecule has 8 heteroatoms. The zero-order chi connectivity index (χ0) is 19.1. The summed E-state index contributed by atoms with van der Waals surface area (Å²) in [6, 6.07) is 0.189. The fourth-order valence-corrected chi connectivity index (χ4v) is 3.72. The van der Waals surface area contributed by atoms with Crippen LogP contribution >= 0.6 is 11.3 Å². The molecule has 0 aromatic carbocycles. The molecule has 1 saturated heterocycles. The van der Waals surface area contributed by atoms with E-state index in [9.17, 15) is 4.79 Å². The van der Waals surface area contributed by atoms with Gasteiger partial charge in [0.15, 0.2) is 5.96 Å². The lowest BCUT2D eigenvalue weighted by molar-refractivity contribution is -0.123. The third kappa shape index (κ3) is 6.25. The van der Waals surface area contributed by atoms with Crippen LogP contribution in [0.3, 0.4) is 0 Å². The number of nitrogens with zero attached hydrogens (tertiary/aromatic N) is 4. The Balaban J connectivity index is 1.88. The number of carbonyl (C=O) groups excluding carboxylic acids is 1. The first kappa shape index (κ1) is 20.6. The Hall–Kier alpha value is -1.67. The van der Waals surface area contributed by atoms with E-state index < -0.39 is 0 Å². The first-order valence-electron chi connectivity index (χ1n) is 9.37. The summed E-state index contributed by atoms with van der Waals surface area (Å²) in [6.07, 6.45) is 0. The standard InChI is InChI=1S/C18H32N6OS/c1-6-19-18(20-11-17-22-14(4)15(5)26-17)24-9-7-23(8-10-24)12-16(25)21-13(2)3/h13H,6-12H2,1-5H3,(H,19,20)(H,21,25). The van der Waals surface area contributed by atoms with Crippen molar-refractivity contribution in [3.8, 4) is 0 Å². The van der Waals surface area contributed by atoms with Gasteiger partial charge in [-0.2, -0.15) is 0 Å². The molecular formula is C18H32N6OS. The summed E-state index contributed by atoms with van der Waals surface area (Å²) < 4.78 is 0. The van der Waals surface area contributed by atoms with Crippen LogP contribution in [0.1, 0.15) is 36.3 Å². The Morgan fingerprint density at radius 3 is 2.50 bits per heavy atom. The SMILES string of the molecule is CCNC(=NCc1nc(C)c(C)s1)N1CCN(CC(=O)NC(C)C)CC1. The van der Waals surface area contributed by atoms with Crippen molar-refractivity contribution in [1.29, 1.82) is 0 Å². The Morgan fingerprint density at radius 2 is 1.96 bits per heavy atom. The van der Waals surface area contributed by atoms with E-state index in [0.717, 1.165) is 49.4 Å². The molecule has 1 aliphatic rings. The summed E-state index contributed by atoms with van der Waals surface area (Å²) in [4.78, 5) is 27.0. The zero-order valence-corrected chi connectivity index (χ0v) is 17.4. The molecule has 2 N–H and O–H groups in total. The van der Waals surface area contributed by atoms with Crippen LogP contribution in [0.2, 0.25) is 0 Å². The number of aryl methyl sites for hydroxylation is 2. The average molecular weight is 381 g/mol. The van der Waals surface area contributed by atoms with E-state index in [0.29, 0.717) is 13.1 Å². The molecule has 0 spiro atoms. The molecule has 0 bridgehead atoms. The number of nitrogens with one attached hydrogen (secondary N) is 2. The Bertz CT molecular complexity index is 600. The van der Waals surface area contributed by atoms with Gasteiger partial charge in [-0.05, 0) is 34.6 Å². The van der Waals surface area contributed by atoms with Crippen LogP contribution in [0.4, 0.5) is 0 Å². The Morgan fingerprint density at radius 1 is 1.27 bits per heavy atom. The number of piperazine rings is 1. The lowest BCUT2D eigenvalue weighted by Gasteiger charge is -2.36. The van der Waals surface area contributed by atoms with Gasteiger partial charge in [0, 0.05) is 43.6 Å². The van der Waals surface area contributed by atoms with Gasteiger partial charge in [0.25, 0.3) is 0 Å². The first-order chi connectivity index (χ1) is 12.4. The van der Waals surface area contributed by atoms with Crippen LogP contribution in [0, 0.1) is 13.8 Å². The summed E-state index contributed by atoms with van der Waals surface area (Å²) >= 11 is 1.72. The molecule has 2 heterocycles. The lowest BCUT2D eigenvalue weighted by Crippen LogP contribution is -2.54. The second-order valence-electron chi connectivity index (χ2n) is 6.90. The maximum atomic E-state index is 11.9. The lowest BCUT2D eigenvalue weighted by atomic mass is 10.3. The molecule has 1 fully saturated rings.